The lowest BCUT2D eigenvalue weighted by Crippen LogP contribution is -2.39. The smallest absolute Gasteiger partial charge is 0.370 e. The standard InChI is InChI=1S/C25H22N2O6/c1-4-26-10-17-6-5-16(23(17)21(13-26)25(31)33-3)9-15-7-8-18-19(15)11-27(14-22(28)29)12-20(18)24(30)32-2/h5-13H,4,14H2,1-3H3/p+1. The first-order valence-electron chi connectivity index (χ1n) is 10.3. The number of pyridine rings is 2. The van der Waals surface area contributed by atoms with Gasteiger partial charge in [-0.15, -0.1) is 0 Å². The Kier molecular flexibility index (Phi) is 5.83. The van der Waals surface area contributed by atoms with Gasteiger partial charge < -0.3 is 19.1 Å². The molecule has 0 radical (unpaired) electrons. The number of rotatable bonds is 6. The normalized spacial score (nSPS) is 13.4. The fourth-order valence-electron chi connectivity index (χ4n) is 4.08. The fraction of sp³-hybridized carbons (Fsp3) is 0.200. The molecule has 0 unspecified atom stereocenters. The minimum atomic E-state index is -1.03. The molecule has 0 saturated carbocycles. The molecule has 8 nitrogen and oxygen atoms in total. The summed E-state index contributed by atoms with van der Waals surface area (Å²) in [7, 11) is 2.63. The first kappa shape index (κ1) is 22.0. The molecule has 2 heterocycles. The monoisotopic (exact) mass is 447 g/mol. The molecule has 33 heavy (non-hydrogen) atoms. The number of allylic oxidation sites excluding steroid dienone is 2. The van der Waals surface area contributed by atoms with E-state index < -0.39 is 17.9 Å². The van der Waals surface area contributed by atoms with E-state index in [9.17, 15) is 19.5 Å². The maximum absolute atomic E-state index is 12.5. The Bertz CT molecular complexity index is 1310. The van der Waals surface area contributed by atoms with E-state index in [1.807, 2.05) is 42.0 Å². The van der Waals surface area contributed by atoms with Crippen LogP contribution in [0.5, 0.6) is 0 Å². The molecule has 0 bridgehead atoms. The van der Waals surface area contributed by atoms with E-state index in [1.54, 1.807) is 18.5 Å². The van der Waals surface area contributed by atoms with Gasteiger partial charge in [-0.25, -0.2) is 14.4 Å². The molecule has 1 aromatic rings. The van der Waals surface area contributed by atoms with Crippen LogP contribution in [-0.2, 0) is 27.4 Å². The molecule has 0 fully saturated rings. The van der Waals surface area contributed by atoms with Gasteiger partial charge in [0.2, 0.25) is 6.54 Å². The second-order valence-corrected chi connectivity index (χ2v) is 7.60. The van der Waals surface area contributed by atoms with E-state index in [0.29, 0.717) is 23.2 Å². The lowest BCUT2D eigenvalue weighted by Gasteiger charge is -2.13. The van der Waals surface area contributed by atoms with Gasteiger partial charge in [0.15, 0.2) is 12.4 Å². The summed E-state index contributed by atoms with van der Waals surface area (Å²) in [5.41, 5.74) is 5.36. The molecular formula is C25H23N2O6+. The van der Waals surface area contributed by atoms with Crippen molar-refractivity contribution >= 4 is 35.6 Å². The quantitative estimate of drug-likeness (QED) is 0.461. The molecule has 2 aliphatic carbocycles. The summed E-state index contributed by atoms with van der Waals surface area (Å²) < 4.78 is 13.3. The Balaban J connectivity index is 1.88. The van der Waals surface area contributed by atoms with Gasteiger partial charge >= 0.3 is 17.9 Å². The zero-order valence-electron chi connectivity index (χ0n) is 18.5. The number of carbonyl (C=O) groups excluding carboxylic acids is 2. The number of fused-ring (bicyclic) bond motifs is 2. The first-order chi connectivity index (χ1) is 15.9. The second-order valence-electron chi connectivity index (χ2n) is 7.60. The summed E-state index contributed by atoms with van der Waals surface area (Å²) >= 11 is 0. The molecule has 0 spiro atoms. The number of aryl methyl sites for hydroxylation is 1. The van der Waals surface area contributed by atoms with Gasteiger partial charge in [0.1, 0.15) is 5.56 Å². The average Bonchev–Trinajstić information content (AvgIpc) is 3.40. The van der Waals surface area contributed by atoms with Gasteiger partial charge in [0, 0.05) is 30.1 Å². The van der Waals surface area contributed by atoms with E-state index in [2.05, 4.69) is 0 Å². The number of methoxy groups -OCH3 is 2. The molecule has 0 saturated heterocycles. The molecule has 1 aromatic heterocycles. The number of aromatic nitrogens is 2. The number of carboxylic acid groups (broad SMARTS) is 1. The molecule has 3 aliphatic rings. The largest absolute Gasteiger partial charge is 0.477 e. The fourth-order valence-corrected chi connectivity index (χ4v) is 4.08. The highest BCUT2D eigenvalue weighted by Crippen LogP contribution is 2.37. The van der Waals surface area contributed by atoms with Gasteiger partial charge in [0.25, 0.3) is 0 Å². The molecular weight excluding hydrogens is 424 g/mol. The molecule has 0 amide bonds. The van der Waals surface area contributed by atoms with Crippen molar-refractivity contribution in [2.24, 2.45) is 0 Å². The van der Waals surface area contributed by atoms with Crippen molar-refractivity contribution in [3.63, 3.8) is 0 Å². The van der Waals surface area contributed by atoms with E-state index in [1.165, 1.54) is 25.0 Å². The van der Waals surface area contributed by atoms with E-state index in [0.717, 1.165) is 22.3 Å². The molecule has 1 aliphatic heterocycles. The van der Waals surface area contributed by atoms with Crippen LogP contribution in [0.25, 0.3) is 28.9 Å². The SMILES string of the molecule is CCn1cc2ccc(/C=C3/C=Cc4c(C(=O)OC)c[n+](CC(=O)O)cc43)c-2c(C(=O)OC)c1. The Hall–Kier alpha value is -4.20. The zero-order valence-corrected chi connectivity index (χ0v) is 18.5. The minimum Gasteiger partial charge on any atom is -0.477 e. The minimum absolute atomic E-state index is 0.280. The Morgan fingerprint density at radius 3 is 2.42 bits per heavy atom. The summed E-state index contributed by atoms with van der Waals surface area (Å²) in [6, 6.07) is 3.86. The van der Waals surface area contributed by atoms with Gasteiger partial charge in [0.05, 0.1) is 25.3 Å². The average molecular weight is 447 g/mol. The number of carbonyl (C=O) groups is 3. The van der Waals surface area contributed by atoms with Crippen LogP contribution in [0.3, 0.4) is 0 Å². The first-order valence-corrected chi connectivity index (χ1v) is 10.3. The van der Waals surface area contributed by atoms with Crippen molar-refractivity contribution in [2.75, 3.05) is 14.2 Å². The van der Waals surface area contributed by atoms with Gasteiger partial charge in [-0.05, 0) is 29.7 Å². The molecule has 4 rings (SSSR count). The number of hydrogen-bond donors (Lipinski definition) is 1. The van der Waals surface area contributed by atoms with Crippen LogP contribution in [0.1, 0.15) is 44.3 Å². The highest BCUT2D eigenvalue weighted by Gasteiger charge is 2.27. The van der Waals surface area contributed by atoms with E-state index in [-0.39, 0.29) is 12.1 Å². The topological polar surface area (TPSA) is 98.7 Å². The molecule has 0 aromatic carbocycles. The predicted octanol–water partition coefficient (Wildman–Crippen LogP) is 3.13. The number of hydrogen-bond acceptors (Lipinski definition) is 5. The van der Waals surface area contributed by atoms with Crippen molar-refractivity contribution in [1.29, 1.82) is 0 Å². The third-order valence-electron chi connectivity index (χ3n) is 5.60. The number of aliphatic carboxylic acids is 1. The Morgan fingerprint density at radius 2 is 1.76 bits per heavy atom. The van der Waals surface area contributed by atoms with Crippen molar-refractivity contribution < 1.29 is 33.5 Å². The summed E-state index contributed by atoms with van der Waals surface area (Å²) in [4.78, 5) is 36.1. The third-order valence-corrected chi connectivity index (χ3v) is 5.60. The number of nitrogens with zero attached hydrogens (tertiary/aromatic N) is 2. The van der Waals surface area contributed by atoms with Crippen LogP contribution in [0.4, 0.5) is 0 Å². The Morgan fingerprint density at radius 1 is 1.03 bits per heavy atom. The van der Waals surface area contributed by atoms with Crippen LogP contribution in [0.2, 0.25) is 0 Å². The van der Waals surface area contributed by atoms with Crippen molar-refractivity contribution in [2.45, 2.75) is 20.0 Å². The lowest BCUT2D eigenvalue weighted by molar-refractivity contribution is -0.686. The Labute approximate surface area is 190 Å². The van der Waals surface area contributed by atoms with Crippen LogP contribution in [-0.4, -0.2) is 41.8 Å². The molecule has 1 N–H and O–H groups in total. The second kappa shape index (κ2) is 8.74. The number of esters is 2. The van der Waals surface area contributed by atoms with Gasteiger partial charge in [-0.2, -0.15) is 4.57 Å². The maximum Gasteiger partial charge on any atom is 0.370 e. The van der Waals surface area contributed by atoms with E-state index in [4.69, 9.17) is 9.47 Å². The number of ether oxygens (including phenoxy) is 2. The highest BCUT2D eigenvalue weighted by atomic mass is 16.5. The van der Waals surface area contributed by atoms with Gasteiger partial charge in [-0.3, -0.25) is 0 Å². The lowest BCUT2D eigenvalue weighted by atomic mass is 9.98. The van der Waals surface area contributed by atoms with E-state index >= 15 is 0 Å². The van der Waals surface area contributed by atoms with Gasteiger partial charge in [-0.1, -0.05) is 24.3 Å². The molecule has 8 heteroatoms. The summed E-state index contributed by atoms with van der Waals surface area (Å²) in [6.07, 6.45) is 12.5. The predicted molar refractivity (Wildman–Crippen MR) is 121 cm³/mol. The third kappa shape index (κ3) is 4.03. The van der Waals surface area contributed by atoms with Crippen molar-refractivity contribution in [3.05, 3.63) is 70.8 Å². The summed E-state index contributed by atoms with van der Waals surface area (Å²) in [6.45, 7) is 2.40. The maximum atomic E-state index is 12.5. The van der Waals surface area contributed by atoms with Crippen LogP contribution in [0.15, 0.2) is 43.0 Å². The van der Waals surface area contributed by atoms with Crippen LogP contribution < -0.4 is 4.57 Å². The van der Waals surface area contributed by atoms with Crippen LogP contribution in [0, 0.1) is 0 Å². The summed E-state index contributed by atoms with van der Waals surface area (Å²) in [5, 5.41) is 9.23. The van der Waals surface area contributed by atoms with Crippen LogP contribution >= 0.6 is 0 Å². The highest BCUT2D eigenvalue weighted by molar-refractivity contribution is 6.06. The zero-order chi connectivity index (χ0) is 23.7. The summed E-state index contributed by atoms with van der Waals surface area (Å²) in [5.74, 6) is -2.00. The molecule has 0 atom stereocenters. The number of carboxylic acids is 1. The molecule has 168 valence electrons. The van der Waals surface area contributed by atoms with Crippen molar-refractivity contribution in [3.8, 4) is 11.1 Å². The van der Waals surface area contributed by atoms with Crippen molar-refractivity contribution in [1.82, 2.24) is 4.57 Å².